The summed E-state index contributed by atoms with van der Waals surface area (Å²) in [7, 11) is 0. The molecular weight excluding hydrogens is 288 g/mol. The van der Waals surface area contributed by atoms with E-state index in [-0.39, 0.29) is 5.91 Å². The summed E-state index contributed by atoms with van der Waals surface area (Å²) in [5.74, 6) is 1.30. The van der Waals surface area contributed by atoms with Gasteiger partial charge in [0.25, 0.3) is 0 Å². The van der Waals surface area contributed by atoms with Gasteiger partial charge in [-0.15, -0.1) is 0 Å². The third kappa shape index (κ3) is 3.86. The smallest absolute Gasteiger partial charge is 0.220 e. The van der Waals surface area contributed by atoms with Crippen molar-refractivity contribution in [1.82, 2.24) is 20.1 Å². The van der Waals surface area contributed by atoms with E-state index in [4.69, 9.17) is 0 Å². The van der Waals surface area contributed by atoms with Crippen molar-refractivity contribution in [3.05, 3.63) is 53.5 Å². The van der Waals surface area contributed by atoms with Crippen molar-refractivity contribution in [2.75, 3.05) is 0 Å². The van der Waals surface area contributed by atoms with Gasteiger partial charge in [0.05, 0.1) is 5.69 Å². The molecule has 1 aliphatic carbocycles. The lowest BCUT2D eigenvalue weighted by atomic mass is 10.1. The van der Waals surface area contributed by atoms with Gasteiger partial charge in [-0.05, 0) is 50.3 Å². The van der Waals surface area contributed by atoms with E-state index >= 15 is 0 Å². The first-order chi connectivity index (χ1) is 11.1. The first-order valence-electron chi connectivity index (χ1n) is 8.04. The molecular formula is C18H22N4O. The predicted octanol–water partition coefficient (Wildman–Crippen LogP) is 2.86. The molecule has 1 atom stereocenters. The van der Waals surface area contributed by atoms with Crippen molar-refractivity contribution in [2.45, 2.75) is 39.7 Å². The molecule has 0 aliphatic heterocycles. The number of aromatic nitrogens is 3. The maximum absolute atomic E-state index is 11.9. The average molecular weight is 310 g/mol. The lowest BCUT2D eigenvalue weighted by Gasteiger charge is -2.09. The number of nitrogens with zero attached hydrogens (tertiary/aromatic N) is 3. The van der Waals surface area contributed by atoms with Crippen molar-refractivity contribution in [1.29, 1.82) is 0 Å². The highest BCUT2D eigenvalue weighted by molar-refractivity contribution is 5.76. The quantitative estimate of drug-likeness (QED) is 0.864. The fourth-order valence-electron chi connectivity index (χ4n) is 2.88. The summed E-state index contributed by atoms with van der Waals surface area (Å²) < 4.78 is 1.82. The van der Waals surface area contributed by atoms with Crippen LogP contribution < -0.4 is 5.32 Å². The van der Waals surface area contributed by atoms with Crippen LogP contribution in [0.2, 0.25) is 0 Å². The number of hydrogen-bond donors (Lipinski definition) is 1. The van der Waals surface area contributed by atoms with Gasteiger partial charge in [0.15, 0.2) is 5.82 Å². The number of carbonyl (C=O) groups is 1. The maximum Gasteiger partial charge on any atom is 0.220 e. The van der Waals surface area contributed by atoms with Crippen LogP contribution in [0.25, 0.3) is 5.82 Å². The van der Waals surface area contributed by atoms with Crippen LogP contribution in [-0.4, -0.2) is 20.7 Å². The van der Waals surface area contributed by atoms with Crippen molar-refractivity contribution < 1.29 is 4.79 Å². The standard InChI is InChI=1S/C18H22N4O/c1-13-9-14(2)22(21-13)17-8-7-16(11-19-17)12-20-18(23)10-15-5-3-4-6-15/h3,5,7-9,11,15H,4,6,10,12H2,1-2H3,(H,20,23)/t15-/m0/s1. The van der Waals surface area contributed by atoms with Crippen LogP contribution in [0.15, 0.2) is 36.5 Å². The first-order valence-corrected chi connectivity index (χ1v) is 8.04. The average Bonchev–Trinajstić information content (AvgIpc) is 3.15. The molecule has 0 radical (unpaired) electrons. The number of aryl methyl sites for hydroxylation is 2. The van der Waals surface area contributed by atoms with Gasteiger partial charge in [-0.25, -0.2) is 9.67 Å². The monoisotopic (exact) mass is 310 g/mol. The van der Waals surface area contributed by atoms with E-state index < -0.39 is 0 Å². The minimum atomic E-state index is 0.101. The Hall–Kier alpha value is -2.43. The Bertz CT molecular complexity index is 715. The highest BCUT2D eigenvalue weighted by Crippen LogP contribution is 2.20. The summed E-state index contributed by atoms with van der Waals surface area (Å²) in [5.41, 5.74) is 3.02. The fourth-order valence-corrected chi connectivity index (χ4v) is 2.88. The molecule has 2 heterocycles. The van der Waals surface area contributed by atoms with Gasteiger partial charge < -0.3 is 5.32 Å². The molecule has 5 heteroatoms. The third-order valence-electron chi connectivity index (χ3n) is 4.09. The Balaban J connectivity index is 1.56. The largest absolute Gasteiger partial charge is 0.352 e. The van der Waals surface area contributed by atoms with E-state index in [1.165, 1.54) is 0 Å². The Morgan fingerprint density at radius 1 is 1.39 bits per heavy atom. The Labute approximate surface area is 136 Å². The highest BCUT2D eigenvalue weighted by atomic mass is 16.1. The van der Waals surface area contributed by atoms with Crippen LogP contribution >= 0.6 is 0 Å². The van der Waals surface area contributed by atoms with Crippen molar-refractivity contribution in [3.63, 3.8) is 0 Å². The summed E-state index contributed by atoms with van der Waals surface area (Å²) >= 11 is 0. The molecule has 3 rings (SSSR count). The van der Waals surface area contributed by atoms with Crippen LogP contribution in [0.5, 0.6) is 0 Å². The second kappa shape index (κ2) is 6.77. The molecule has 1 N–H and O–H groups in total. The zero-order valence-electron chi connectivity index (χ0n) is 13.6. The Morgan fingerprint density at radius 2 is 2.26 bits per heavy atom. The van der Waals surface area contributed by atoms with E-state index in [1.54, 1.807) is 6.20 Å². The van der Waals surface area contributed by atoms with E-state index in [2.05, 4.69) is 27.6 Å². The minimum absolute atomic E-state index is 0.101. The van der Waals surface area contributed by atoms with Gasteiger partial charge in [-0.1, -0.05) is 18.2 Å². The van der Waals surface area contributed by atoms with E-state index in [0.29, 0.717) is 18.9 Å². The SMILES string of the molecule is Cc1cc(C)n(-c2ccc(CNC(=O)C[C@H]3C=CCC3)cn2)n1. The number of allylic oxidation sites excluding steroid dienone is 2. The number of amides is 1. The number of nitrogens with one attached hydrogen (secondary N) is 1. The van der Waals surface area contributed by atoms with E-state index in [9.17, 15) is 4.79 Å². The Kier molecular flexibility index (Phi) is 4.55. The molecule has 1 amide bonds. The molecule has 0 spiro atoms. The van der Waals surface area contributed by atoms with Crippen LogP contribution in [0.1, 0.15) is 36.2 Å². The minimum Gasteiger partial charge on any atom is -0.352 e. The Morgan fingerprint density at radius 3 is 2.87 bits per heavy atom. The van der Waals surface area contributed by atoms with Crippen LogP contribution in [0.4, 0.5) is 0 Å². The topological polar surface area (TPSA) is 59.8 Å². The molecule has 0 saturated carbocycles. The summed E-state index contributed by atoms with van der Waals surface area (Å²) in [6.07, 6.45) is 8.85. The number of carbonyl (C=O) groups excluding carboxylic acids is 1. The van der Waals surface area contributed by atoms with Crippen LogP contribution in [-0.2, 0) is 11.3 Å². The van der Waals surface area contributed by atoms with Gasteiger partial charge in [-0.2, -0.15) is 5.10 Å². The third-order valence-corrected chi connectivity index (χ3v) is 4.09. The number of pyridine rings is 1. The predicted molar refractivity (Wildman–Crippen MR) is 89.2 cm³/mol. The molecule has 120 valence electrons. The molecule has 5 nitrogen and oxygen atoms in total. The summed E-state index contributed by atoms with van der Waals surface area (Å²) in [5, 5.41) is 7.39. The van der Waals surface area contributed by atoms with Crippen molar-refractivity contribution >= 4 is 5.91 Å². The van der Waals surface area contributed by atoms with Crippen LogP contribution in [0, 0.1) is 19.8 Å². The molecule has 2 aromatic heterocycles. The van der Waals surface area contributed by atoms with E-state index in [1.807, 2.05) is 36.7 Å². The molecule has 0 aromatic carbocycles. The van der Waals surface area contributed by atoms with Gasteiger partial charge in [0, 0.05) is 24.9 Å². The molecule has 23 heavy (non-hydrogen) atoms. The molecule has 0 fully saturated rings. The summed E-state index contributed by atoms with van der Waals surface area (Å²) in [4.78, 5) is 16.4. The normalized spacial score (nSPS) is 16.7. The van der Waals surface area contributed by atoms with Crippen LogP contribution in [0.3, 0.4) is 0 Å². The second-order valence-electron chi connectivity index (χ2n) is 6.11. The second-order valence-corrected chi connectivity index (χ2v) is 6.11. The van der Waals surface area contributed by atoms with Gasteiger partial charge in [0.1, 0.15) is 0 Å². The zero-order valence-corrected chi connectivity index (χ0v) is 13.6. The highest BCUT2D eigenvalue weighted by Gasteiger charge is 2.13. The number of hydrogen-bond acceptors (Lipinski definition) is 3. The molecule has 0 bridgehead atoms. The van der Waals surface area contributed by atoms with E-state index in [0.717, 1.165) is 35.6 Å². The first kappa shape index (κ1) is 15.5. The van der Waals surface area contributed by atoms with Gasteiger partial charge >= 0.3 is 0 Å². The van der Waals surface area contributed by atoms with Gasteiger partial charge in [0.2, 0.25) is 5.91 Å². The maximum atomic E-state index is 11.9. The molecule has 2 aromatic rings. The number of rotatable bonds is 5. The van der Waals surface area contributed by atoms with Crippen molar-refractivity contribution in [2.24, 2.45) is 5.92 Å². The lowest BCUT2D eigenvalue weighted by molar-refractivity contribution is -0.121. The molecule has 1 aliphatic rings. The zero-order chi connectivity index (χ0) is 16.2. The van der Waals surface area contributed by atoms with Gasteiger partial charge in [-0.3, -0.25) is 4.79 Å². The lowest BCUT2D eigenvalue weighted by Crippen LogP contribution is -2.24. The summed E-state index contributed by atoms with van der Waals surface area (Å²) in [6.45, 7) is 4.49. The fraction of sp³-hybridized carbons (Fsp3) is 0.389. The van der Waals surface area contributed by atoms with Crippen molar-refractivity contribution in [3.8, 4) is 5.82 Å². The summed E-state index contributed by atoms with van der Waals surface area (Å²) in [6, 6.07) is 5.93. The molecule has 0 unspecified atom stereocenters. The molecule has 0 saturated heterocycles.